The van der Waals surface area contributed by atoms with Crippen LogP contribution in [0, 0.1) is 11.8 Å². The fourth-order valence-electron chi connectivity index (χ4n) is 5.19. The summed E-state index contributed by atoms with van der Waals surface area (Å²) in [5.74, 6) is 1.61. The second-order valence-electron chi connectivity index (χ2n) is 9.60. The lowest BCUT2D eigenvalue weighted by atomic mass is 9.77. The van der Waals surface area contributed by atoms with E-state index in [1.165, 1.54) is 6.42 Å². The fourth-order valence-corrected chi connectivity index (χ4v) is 5.19. The standard InChI is InChI=1S/C25H35N3O3/c1-5-6-14-28-23(29)21-13-12-20(22-11-8-15-31-22)27(21)16-25(28,4)24(30)26-19-10-7-9-17(2)18(19)3/h8,11-13,15,17-19H,5-7,9-10,14,16H2,1-4H3,(H,26,30)/t17-,18-,19-,25-/m1/s1. The maximum atomic E-state index is 13.7. The monoisotopic (exact) mass is 425 g/mol. The molecule has 1 aliphatic carbocycles. The van der Waals surface area contributed by atoms with Crippen LogP contribution in [0.1, 0.15) is 70.3 Å². The van der Waals surface area contributed by atoms with Crippen LogP contribution in [-0.2, 0) is 11.3 Å². The van der Waals surface area contributed by atoms with E-state index < -0.39 is 5.54 Å². The number of aromatic nitrogens is 1. The topological polar surface area (TPSA) is 67.5 Å². The fraction of sp³-hybridized carbons (Fsp3) is 0.600. The molecule has 0 saturated heterocycles. The van der Waals surface area contributed by atoms with Crippen molar-refractivity contribution in [2.75, 3.05) is 6.54 Å². The maximum absolute atomic E-state index is 13.7. The van der Waals surface area contributed by atoms with Gasteiger partial charge in [0.2, 0.25) is 5.91 Å². The Morgan fingerprint density at radius 2 is 2.00 bits per heavy atom. The van der Waals surface area contributed by atoms with Crippen molar-refractivity contribution < 1.29 is 14.0 Å². The molecule has 168 valence electrons. The molecule has 0 spiro atoms. The van der Waals surface area contributed by atoms with Gasteiger partial charge >= 0.3 is 0 Å². The Morgan fingerprint density at radius 1 is 1.23 bits per heavy atom. The minimum atomic E-state index is -0.944. The van der Waals surface area contributed by atoms with Crippen molar-refractivity contribution in [3.05, 3.63) is 36.2 Å². The Morgan fingerprint density at radius 3 is 2.71 bits per heavy atom. The summed E-state index contributed by atoms with van der Waals surface area (Å²) < 4.78 is 7.56. The van der Waals surface area contributed by atoms with E-state index in [1.807, 2.05) is 35.8 Å². The largest absolute Gasteiger partial charge is 0.463 e. The molecule has 2 aromatic heterocycles. The number of unbranched alkanes of at least 4 members (excludes halogenated alkanes) is 1. The van der Waals surface area contributed by atoms with Crippen molar-refractivity contribution in [1.82, 2.24) is 14.8 Å². The van der Waals surface area contributed by atoms with Gasteiger partial charge in [-0.1, -0.05) is 40.0 Å². The summed E-state index contributed by atoms with van der Waals surface area (Å²) in [6.07, 6.45) is 6.82. The van der Waals surface area contributed by atoms with Crippen LogP contribution in [0.25, 0.3) is 11.5 Å². The number of nitrogens with one attached hydrogen (secondary N) is 1. The summed E-state index contributed by atoms with van der Waals surface area (Å²) in [5, 5.41) is 3.34. The molecule has 31 heavy (non-hydrogen) atoms. The third-order valence-corrected chi connectivity index (χ3v) is 7.53. The zero-order valence-corrected chi connectivity index (χ0v) is 19.2. The highest BCUT2D eigenvalue weighted by Crippen LogP contribution is 2.35. The summed E-state index contributed by atoms with van der Waals surface area (Å²) in [5.41, 5.74) is 0.509. The first-order valence-electron chi connectivity index (χ1n) is 11.7. The molecule has 2 aliphatic rings. The quantitative estimate of drug-likeness (QED) is 0.729. The van der Waals surface area contributed by atoms with E-state index in [0.29, 0.717) is 36.4 Å². The summed E-state index contributed by atoms with van der Waals surface area (Å²) >= 11 is 0. The molecule has 1 N–H and O–H groups in total. The van der Waals surface area contributed by atoms with Crippen LogP contribution in [-0.4, -0.2) is 39.4 Å². The molecule has 4 rings (SSSR count). The minimum Gasteiger partial charge on any atom is -0.463 e. The SMILES string of the molecule is CCCCN1C(=O)c2ccc(-c3ccco3)n2C[C@]1(C)C(=O)N[C@@H]1CCC[C@@H](C)[C@H]1C. The first-order chi connectivity index (χ1) is 14.9. The van der Waals surface area contributed by atoms with Gasteiger partial charge in [0.25, 0.3) is 5.91 Å². The average Bonchev–Trinajstić information content (AvgIpc) is 3.41. The van der Waals surface area contributed by atoms with Crippen molar-refractivity contribution in [2.24, 2.45) is 11.8 Å². The molecule has 3 heterocycles. The summed E-state index contributed by atoms with van der Waals surface area (Å²) in [6, 6.07) is 7.65. The normalized spacial score (nSPS) is 28.5. The van der Waals surface area contributed by atoms with E-state index >= 15 is 0 Å². The molecule has 0 bridgehead atoms. The Kier molecular flexibility index (Phi) is 6.00. The number of carbonyl (C=O) groups excluding carboxylic acids is 2. The molecule has 1 saturated carbocycles. The predicted octanol–water partition coefficient (Wildman–Crippen LogP) is 4.70. The van der Waals surface area contributed by atoms with E-state index in [2.05, 4.69) is 26.1 Å². The van der Waals surface area contributed by atoms with Crippen LogP contribution >= 0.6 is 0 Å². The molecular formula is C25H35N3O3. The highest BCUT2D eigenvalue weighted by molar-refractivity contribution is 6.00. The molecule has 2 aromatic rings. The van der Waals surface area contributed by atoms with Crippen LogP contribution in [0.3, 0.4) is 0 Å². The lowest BCUT2D eigenvalue weighted by Crippen LogP contribution is -2.65. The molecule has 1 aliphatic heterocycles. The predicted molar refractivity (Wildman–Crippen MR) is 121 cm³/mol. The van der Waals surface area contributed by atoms with Gasteiger partial charge in [-0.3, -0.25) is 9.59 Å². The van der Waals surface area contributed by atoms with Gasteiger partial charge in [-0.2, -0.15) is 0 Å². The van der Waals surface area contributed by atoms with Gasteiger partial charge in [-0.15, -0.1) is 0 Å². The first-order valence-corrected chi connectivity index (χ1v) is 11.7. The smallest absolute Gasteiger partial charge is 0.271 e. The molecule has 2 amide bonds. The molecule has 4 atom stereocenters. The van der Waals surface area contributed by atoms with Crippen molar-refractivity contribution in [1.29, 1.82) is 0 Å². The van der Waals surface area contributed by atoms with Crippen molar-refractivity contribution in [3.8, 4) is 11.5 Å². The van der Waals surface area contributed by atoms with Gasteiger partial charge in [0.1, 0.15) is 17.0 Å². The van der Waals surface area contributed by atoms with Gasteiger partial charge in [0.05, 0.1) is 18.5 Å². The highest BCUT2D eigenvalue weighted by atomic mass is 16.3. The highest BCUT2D eigenvalue weighted by Gasteiger charge is 2.48. The molecule has 1 fully saturated rings. The maximum Gasteiger partial charge on any atom is 0.271 e. The Hall–Kier alpha value is -2.50. The number of carbonyl (C=O) groups is 2. The lowest BCUT2D eigenvalue weighted by molar-refractivity contribution is -0.134. The summed E-state index contributed by atoms with van der Waals surface area (Å²) in [6.45, 7) is 9.53. The number of hydrogen-bond donors (Lipinski definition) is 1. The summed E-state index contributed by atoms with van der Waals surface area (Å²) in [4.78, 5) is 29.1. The van der Waals surface area contributed by atoms with Gasteiger partial charge in [-0.05, 0) is 55.9 Å². The van der Waals surface area contributed by atoms with Crippen molar-refractivity contribution >= 4 is 11.8 Å². The van der Waals surface area contributed by atoms with E-state index in [4.69, 9.17) is 4.42 Å². The Labute approximate surface area is 185 Å². The Balaban J connectivity index is 1.67. The number of rotatable bonds is 6. The van der Waals surface area contributed by atoms with E-state index in [-0.39, 0.29) is 17.9 Å². The molecule has 0 unspecified atom stereocenters. The van der Waals surface area contributed by atoms with Crippen LogP contribution < -0.4 is 5.32 Å². The van der Waals surface area contributed by atoms with E-state index in [1.54, 1.807) is 11.2 Å². The van der Waals surface area contributed by atoms with Gasteiger partial charge < -0.3 is 19.2 Å². The number of fused-ring (bicyclic) bond motifs is 1. The Bertz CT molecular complexity index is 932. The van der Waals surface area contributed by atoms with E-state index in [9.17, 15) is 9.59 Å². The third-order valence-electron chi connectivity index (χ3n) is 7.53. The van der Waals surface area contributed by atoms with Crippen LogP contribution in [0.5, 0.6) is 0 Å². The van der Waals surface area contributed by atoms with Crippen molar-refractivity contribution in [2.45, 2.75) is 77.9 Å². The molecule has 0 aromatic carbocycles. The number of nitrogens with zero attached hydrogens (tertiary/aromatic N) is 2. The minimum absolute atomic E-state index is 0.0485. The lowest BCUT2D eigenvalue weighted by Gasteiger charge is -2.46. The van der Waals surface area contributed by atoms with Crippen LogP contribution in [0.15, 0.2) is 34.9 Å². The number of furan rings is 1. The first kappa shape index (κ1) is 21.7. The second-order valence-corrected chi connectivity index (χ2v) is 9.60. The molecular weight excluding hydrogens is 390 g/mol. The zero-order chi connectivity index (χ0) is 22.2. The number of hydrogen-bond acceptors (Lipinski definition) is 3. The third kappa shape index (κ3) is 3.81. The second kappa shape index (κ2) is 8.56. The summed E-state index contributed by atoms with van der Waals surface area (Å²) in [7, 11) is 0. The molecule has 6 heteroatoms. The van der Waals surface area contributed by atoms with Gasteiger partial charge in [0, 0.05) is 12.6 Å². The van der Waals surface area contributed by atoms with Gasteiger partial charge in [0.15, 0.2) is 0 Å². The number of amides is 2. The average molecular weight is 426 g/mol. The van der Waals surface area contributed by atoms with Crippen LogP contribution in [0.4, 0.5) is 0 Å². The molecule has 6 nitrogen and oxygen atoms in total. The van der Waals surface area contributed by atoms with Crippen molar-refractivity contribution in [3.63, 3.8) is 0 Å². The van der Waals surface area contributed by atoms with Gasteiger partial charge in [-0.25, -0.2) is 0 Å². The van der Waals surface area contributed by atoms with Crippen LogP contribution in [0.2, 0.25) is 0 Å². The zero-order valence-electron chi connectivity index (χ0n) is 19.2. The molecule has 0 radical (unpaired) electrons. The van der Waals surface area contributed by atoms with E-state index in [0.717, 1.165) is 31.4 Å².